The molecule has 1 aliphatic carbocycles. The van der Waals surface area contributed by atoms with Crippen LogP contribution < -0.4 is 5.73 Å². The second-order valence-electron chi connectivity index (χ2n) is 10.0. The van der Waals surface area contributed by atoms with Crippen molar-refractivity contribution in [2.75, 3.05) is 19.8 Å². The van der Waals surface area contributed by atoms with Crippen LogP contribution in [0.5, 0.6) is 0 Å². The summed E-state index contributed by atoms with van der Waals surface area (Å²) in [7, 11) is 0. The molecule has 0 aromatic carbocycles. The van der Waals surface area contributed by atoms with E-state index in [9.17, 15) is 14.4 Å². The van der Waals surface area contributed by atoms with E-state index >= 15 is 0 Å². The number of aliphatic hydroxyl groups is 5. The van der Waals surface area contributed by atoms with Crippen molar-refractivity contribution in [1.82, 2.24) is 0 Å². The number of aliphatic carboxylic acids is 1. The Morgan fingerprint density at radius 1 is 1.04 bits per heavy atom. The van der Waals surface area contributed by atoms with Gasteiger partial charge in [-0.25, -0.2) is 4.79 Å². The minimum atomic E-state index is -1.77. The van der Waals surface area contributed by atoms with Crippen molar-refractivity contribution in [2.45, 2.75) is 78.2 Å². The number of hydrogen-bond donors (Lipinski definition) is 8. The summed E-state index contributed by atoms with van der Waals surface area (Å²) in [4.78, 5) is 29.8. The van der Waals surface area contributed by atoms with Crippen LogP contribution in [0.15, 0.2) is 58.7 Å². The molecular formula is C29H56BaCaClNNaO11P. The summed E-state index contributed by atoms with van der Waals surface area (Å²) in [6, 6.07) is -1.13. The summed E-state index contributed by atoms with van der Waals surface area (Å²) >= 11 is 0. The number of ether oxygens (including phenoxy) is 1. The van der Waals surface area contributed by atoms with Gasteiger partial charge in [0.05, 0.1) is 19.8 Å². The molecule has 17 heteroatoms. The van der Waals surface area contributed by atoms with E-state index in [1.165, 1.54) is 36.0 Å². The number of carboxylic acid groups (broad SMARTS) is 2. The summed E-state index contributed by atoms with van der Waals surface area (Å²) in [5.41, 5.74) is 10.4. The Morgan fingerprint density at radius 3 is 1.96 bits per heavy atom. The zero-order chi connectivity index (χ0) is 32.2. The number of aliphatic hydroxyl groups excluding tert-OH is 5. The van der Waals surface area contributed by atoms with E-state index in [0.717, 1.165) is 5.57 Å². The van der Waals surface area contributed by atoms with E-state index in [0.29, 0.717) is 5.41 Å². The average molecular weight is 862 g/mol. The molecule has 12 nitrogen and oxygen atoms in total. The van der Waals surface area contributed by atoms with E-state index < -0.39 is 49.7 Å². The van der Waals surface area contributed by atoms with Crippen LogP contribution in [0.3, 0.4) is 0 Å². The molecule has 2 unspecified atom stereocenters. The minimum absolute atomic E-state index is 0. The molecule has 46 heavy (non-hydrogen) atoms. The molecule has 1 aliphatic rings. The topological polar surface area (TPSA) is 228 Å². The Kier molecular flexibility index (Phi) is 49.2. The van der Waals surface area contributed by atoms with Crippen molar-refractivity contribution >= 4 is 157 Å². The summed E-state index contributed by atoms with van der Waals surface area (Å²) in [6.45, 7) is 9.87. The zero-order valence-electron chi connectivity index (χ0n) is 25.5. The Balaban J connectivity index is -0.000000106. The van der Waals surface area contributed by atoms with Gasteiger partial charge in [0, 0.05) is 0 Å². The fourth-order valence-corrected chi connectivity index (χ4v) is 3.54. The third-order valence-electron chi connectivity index (χ3n) is 5.99. The van der Waals surface area contributed by atoms with Crippen molar-refractivity contribution in [2.24, 2.45) is 11.1 Å². The van der Waals surface area contributed by atoms with Crippen LogP contribution in [0, 0.1) is 5.41 Å². The molecule has 5 atom stereocenters. The number of carboxylic acids is 1. The predicted molar refractivity (Wildman–Crippen MR) is 197 cm³/mol. The van der Waals surface area contributed by atoms with Crippen molar-refractivity contribution in [3.63, 3.8) is 0 Å². The molecule has 0 spiro atoms. The molecule has 0 heterocycles. The predicted octanol–water partition coefficient (Wildman–Crippen LogP) is -0.138. The van der Waals surface area contributed by atoms with Gasteiger partial charge < -0.3 is 46.2 Å². The first-order valence-electron chi connectivity index (χ1n) is 13.0. The average Bonchev–Trinajstić information content (AvgIpc) is 2.90. The van der Waals surface area contributed by atoms with Crippen LogP contribution in [-0.4, -0.2) is 215 Å². The van der Waals surface area contributed by atoms with Gasteiger partial charge in [-0.1, -0.05) is 67.0 Å². The van der Waals surface area contributed by atoms with Gasteiger partial charge >= 0.3 is 128 Å². The number of rotatable bonds is 12. The van der Waals surface area contributed by atoms with Crippen LogP contribution >= 0.6 is 22.3 Å². The standard InChI is InChI=1S/C20H30O.C6H10O7.C3H7NO3.Ba.Ca.ClH.Na.H3P.5H/c1-16(8-6-9-17(2)13-15-21)11-12-19-18(3)10-7-14-20(19,4)5;7-1-3(9)5(10)4(2-8)13-6(11)12;4-2(1-5)3(6)7;;;;;;;;;;/h6,8-9,11-13,21H,7,10,14-15H2,1-5H3;2-5,7,9-10H,1H2,(H,11,12);2,5H,1,4H2,(H,6,7);;;1H;;1H3;;;;;/b9-6+,12-11+,16-8+,17-13+;;;;;;;;;;;;/t;3-,4+,5+;;;;;;;;;;;/m.1.........../s1. The van der Waals surface area contributed by atoms with Crippen molar-refractivity contribution in [3.05, 3.63) is 58.7 Å². The van der Waals surface area contributed by atoms with E-state index in [1.807, 2.05) is 19.1 Å². The molecule has 0 saturated carbocycles. The quantitative estimate of drug-likeness (QED) is 0.0422. The molecule has 0 bridgehead atoms. The molecule has 0 aliphatic heterocycles. The van der Waals surface area contributed by atoms with Crippen LogP contribution in [0.4, 0.5) is 4.79 Å². The molecule has 0 aromatic heterocycles. The fourth-order valence-electron chi connectivity index (χ4n) is 3.54. The zero-order valence-corrected chi connectivity index (χ0v) is 27.8. The van der Waals surface area contributed by atoms with Crippen LogP contribution in [-0.2, 0) is 14.3 Å². The maximum absolute atomic E-state index is 10.2. The molecule has 0 fully saturated rings. The van der Waals surface area contributed by atoms with Crippen molar-refractivity contribution in [1.29, 1.82) is 0 Å². The van der Waals surface area contributed by atoms with E-state index in [4.69, 9.17) is 41.5 Å². The van der Waals surface area contributed by atoms with Crippen LogP contribution in [0.2, 0.25) is 0 Å². The third-order valence-corrected chi connectivity index (χ3v) is 5.99. The molecule has 1 rings (SSSR count). The van der Waals surface area contributed by atoms with Crippen LogP contribution in [0.25, 0.3) is 0 Å². The van der Waals surface area contributed by atoms with Gasteiger partial charge in [0.1, 0.15) is 18.2 Å². The number of carbonyl (C=O) groups is 3. The molecule has 0 aromatic rings. The van der Waals surface area contributed by atoms with Crippen molar-refractivity contribution < 1.29 is 54.9 Å². The van der Waals surface area contributed by atoms with Gasteiger partial charge in [0.2, 0.25) is 0 Å². The number of hydrogen-bond acceptors (Lipinski definition) is 10. The number of aldehydes is 1. The maximum atomic E-state index is 10.2. The summed E-state index contributed by atoms with van der Waals surface area (Å²) in [5.74, 6) is -1.18. The first-order valence-corrected chi connectivity index (χ1v) is 13.0. The first-order chi connectivity index (χ1) is 19.1. The van der Waals surface area contributed by atoms with Gasteiger partial charge in [0.15, 0.2) is 12.4 Å². The molecule has 260 valence electrons. The SMILES string of the molecule is CC1=C(/C=C/C(C)=C/C=C/C(C)=C/CO)C(C)(C)CCC1.Cl.NC(CO)C(=O)O.O=C[C@H](OC(=O)O)[C@@H](O)[C@H](O)CO.P.[BaH2].[CaH2].[NaH]. The van der Waals surface area contributed by atoms with Gasteiger partial charge in [-0.15, -0.1) is 12.4 Å². The third kappa shape index (κ3) is 30.3. The number of halogens is 1. The van der Waals surface area contributed by atoms with Crippen LogP contribution in [0.1, 0.15) is 53.9 Å². The summed E-state index contributed by atoms with van der Waals surface area (Å²) < 4.78 is 3.91. The van der Waals surface area contributed by atoms with Gasteiger partial charge in [0.25, 0.3) is 0 Å². The second-order valence-corrected chi connectivity index (χ2v) is 10.0. The Hall–Kier alpha value is 1.42. The van der Waals surface area contributed by atoms with Gasteiger partial charge in [-0.3, -0.25) is 9.59 Å². The van der Waals surface area contributed by atoms with E-state index in [-0.39, 0.29) is 151 Å². The Labute approximate surface area is 374 Å². The molecular weight excluding hydrogens is 805 g/mol. The van der Waals surface area contributed by atoms with E-state index in [1.54, 1.807) is 6.08 Å². The first kappa shape index (κ1) is 62.5. The van der Waals surface area contributed by atoms with Gasteiger partial charge in [-0.2, -0.15) is 9.90 Å². The van der Waals surface area contributed by atoms with Crippen molar-refractivity contribution in [3.8, 4) is 0 Å². The van der Waals surface area contributed by atoms with E-state index in [2.05, 4.69) is 50.7 Å². The monoisotopic (exact) mass is 861 g/mol. The molecule has 0 radical (unpaired) electrons. The second kappa shape index (κ2) is 36.2. The molecule has 9 N–H and O–H groups in total. The fraction of sp³-hybridized carbons (Fsp3) is 0.552. The molecule has 0 amide bonds. The van der Waals surface area contributed by atoms with Gasteiger partial charge in [-0.05, 0) is 51.0 Å². The Morgan fingerprint density at radius 2 is 1.59 bits per heavy atom. The summed E-state index contributed by atoms with van der Waals surface area (Å²) in [5, 5.41) is 58.9. The number of allylic oxidation sites excluding steroid dienone is 9. The normalized spacial score (nSPS) is 16.4. The summed E-state index contributed by atoms with van der Waals surface area (Å²) in [6.07, 6.45) is 9.49. The number of carbonyl (C=O) groups excluding carboxylic acids is 1. The Bertz CT molecular complexity index is 998. The number of nitrogens with two attached hydrogens (primary N) is 1. The molecule has 0 saturated heterocycles.